The maximum Gasteiger partial charge on any atom is 0.314 e. The molecule has 0 fully saturated rings. The first-order valence-corrected chi connectivity index (χ1v) is 6.77. The second-order valence-electron chi connectivity index (χ2n) is 4.20. The van der Waals surface area contributed by atoms with Gasteiger partial charge in [-0.1, -0.05) is 41.4 Å². The van der Waals surface area contributed by atoms with E-state index in [1.807, 2.05) is 30.9 Å². The van der Waals surface area contributed by atoms with E-state index < -0.39 is 11.9 Å². The lowest BCUT2D eigenvalue weighted by Gasteiger charge is -2.30. The number of carboxylic acids is 1. The Labute approximate surface area is 123 Å². The lowest BCUT2D eigenvalue weighted by Crippen LogP contribution is -2.34. The summed E-state index contributed by atoms with van der Waals surface area (Å²) in [5.41, 5.74) is 1.01. The molecule has 0 aliphatic carbocycles. The molecule has 1 N–H and O–H groups in total. The van der Waals surface area contributed by atoms with Crippen molar-refractivity contribution in [1.82, 2.24) is 0 Å². The van der Waals surface area contributed by atoms with Crippen LogP contribution in [0.1, 0.15) is 25.3 Å². The van der Waals surface area contributed by atoms with Crippen molar-refractivity contribution in [2.24, 2.45) is 0 Å². The molecule has 0 saturated carbocycles. The van der Waals surface area contributed by atoms with Crippen molar-refractivity contribution in [1.29, 1.82) is 0 Å². The highest BCUT2D eigenvalue weighted by atomic mass is 35.5. The van der Waals surface area contributed by atoms with Gasteiger partial charge in [0.25, 0.3) is 0 Å². The molecule has 3 atom stereocenters. The number of alkyl halides is 2. The third-order valence-corrected chi connectivity index (χ3v) is 3.24. The van der Waals surface area contributed by atoms with Crippen LogP contribution in [0.2, 0.25) is 0 Å². The van der Waals surface area contributed by atoms with Gasteiger partial charge in [-0.15, -0.1) is 6.58 Å². The Hall–Kier alpha value is -1.19. The number of carbonyl (C=O) groups is 1. The van der Waals surface area contributed by atoms with Gasteiger partial charge in [-0.05, 0) is 31.5 Å². The van der Waals surface area contributed by atoms with Crippen LogP contribution in [0.15, 0.2) is 36.9 Å². The van der Waals surface area contributed by atoms with Gasteiger partial charge in [0.1, 0.15) is 11.0 Å². The molecule has 1 rings (SSSR count). The highest BCUT2D eigenvalue weighted by Gasteiger charge is 2.19. The van der Waals surface area contributed by atoms with E-state index >= 15 is 0 Å². The quantitative estimate of drug-likeness (QED) is 0.490. The van der Waals surface area contributed by atoms with Crippen LogP contribution in [0.25, 0.3) is 0 Å². The zero-order chi connectivity index (χ0) is 14.6. The van der Waals surface area contributed by atoms with E-state index in [1.54, 1.807) is 12.1 Å². The molecule has 3 unspecified atom stereocenters. The van der Waals surface area contributed by atoms with Crippen molar-refractivity contribution in [2.45, 2.75) is 30.8 Å². The number of carboxylic acid groups (broad SMARTS) is 1. The smallest absolute Gasteiger partial charge is 0.314 e. The van der Waals surface area contributed by atoms with Gasteiger partial charge in [0.15, 0.2) is 0 Å². The average molecular weight is 302 g/mol. The van der Waals surface area contributed by atoms with E-state index in [-0.39, 0.29) is 11.0 Å². The summed E-state index contributed by atoms with van der Waals surface area (Å²) in [6.45, 7) is 7.20. The summed E-state index contributed by atoms with van der Waals surface area (Å²) in [5, 5.41) is 9.06. The standard InChI is InChI=1S/C14H17Cl2NO2/c1-4-13(14(18)19)11-5-7-12(8-6-11)17(9(2)15)10(3)16/h4-10,13H,1H2,2-3H3,(H,18,19). The Morgan fingerprint density at radius 2 is 1.74 bits per heavy atom. The average Bonchev–Trinajstić information content (AvgIpc) is 2.30. The van der Waals surface area contributed by atoms with E-state index in [0.717, 1.165) is 5.69 Å². The van der Waals surface area contributed by atoms with E-state index in [2.05, 4.69) is 6.58 Å². The fraction of sp³-hybridized carbons (Fsp3) is 0.357. The van der Waals surface area contributed by atoms with E-state index in [9.17, 15) is 4.79 Å². The van der Waals surface area contributed by atoms with Crippen LogP contribution in [0.4, 0.5) is 5.69 Å². The van der Waals surface area contributed by atoms with Crippen molar-refractivity contribution in [3.05, 3.63) is 42.5 Å². The van der Waals surface area contributed by atoms with E-state index in [1.165, 1.54) is 6.08 Å². The number of nitrogens with zero attached hydrogens (tertiary/aromatic N) is 1. The molecule has 0 amide bonds. The Morgan fingerprint density at radius 3 is 2.05 bits per heavy atom. The molecule has 0 radical (unpaired) electrons. The molecule has 0 spiro atoms. The topological polar surface area (TPSA) is 40.5 Å². The molecule has 1 aromatic carbocycles. The van der Waals surface area contributed by atoms with Crippen LogP contribution < -0.4 is 4.90 Å². The summed E-state index contributed by atoms with van der Waals surface area (Å²) in [6.07, 6.45) is 1.41. The van der Waals surface area contributed by atoms with Crippen LogP contribution in [-0.4, -0.2) is 22.1 Å². The monoisotopic (exact) mass is 301 g/mol. The number of halogens is 2. The van der Waals surface area contributed by atoms with Crippen LogP contribution in [0.3, 0.4) is 0 Å². The normalized spacial score (nSPS) is 15.4. The Kier molecular flexibility index (Phi) is 5.70. The summed E-state index contributed by atoms with van der Waals surface area (Å²) >= 11 is 12.2. The lowest BCUT2D eigenvalue weighted by molar-refractivity contribution is -0.137. The number of benzene rings is 1. The van der Waals surface area contributed by atoms with Crippen LogP contribution in [0.5, 0.6) is 0 Å². The van der Waals surface area contributed by atoms with Crippen molar-refractivity contribution < 1.29 is 9.90 Å². The number of hydrogen-bond acceptors (Lipinski definition) is 2. The maximum atomic E-state index is 11.0. The van der Waals surface area contributed by atoms with Gasteiger partial charge >= 0.3 is 5.97 Å². The summed E-state index contributed by atoms with van der Waals surface area (Å²) in [7, 11) is 0. The van der Waals surface area contributed by atoms with Gasteiger partial charge in [0, 0.05) is 5.69 Å². The Morgan fingerprint density at radius 1 is 1.26 bits per heavy atom. The second-order valence-corrected chi connectivity index (χ2v) is 5.46. The second kappa shape index (κ2) is 6.83. The first kappa shape index (κ1) is 15.9. The lowest BCUT2D eigenvalue weighted by atomic mass is 9.99. The predicted octanol–water partition coefficient (Wildman–Crippen LogP) is 4.02. The summed E-state index contributed by atoms with van der Waals surface area (Å²) in [4.78, 5) is 12.9. The van der Waals surface area contributed by atoms with Gasteiger partial charge in [-0.25, -0.2) is 0 Å². The first-order valence-electron chi connectivity index (χ1n) is 5.90. The van der Waals surface area contributed by atoms with Gasteiger partial charge < -0.3 is 10.0 Å². The third kappa shape index (κ3) is 3.88. The Bertz CT molecular complexity index is 435. The first-order chi connectivity index (χ1) is 8.88. The van der Waals surface area contributed by atoms with Crippen LogP contribution >= 0.6 is 23.2 Å². The van der Waals surface area contributed by atoms with Crippen molar-refractivity contribution in [2.75, 3.05) is 4.90 Å². The molecule has 0 saturated heterocycles. The molecular formula is C14H17Cl2NO2. The molecule has 0 aromatic heterocycles. The largest absolute Gasteiger partial charge is 0.481 e. The predicted molar refractivity (Wildman–Crippen MR) is 80.1 cm³/mol. The molecule has 0 aliphatic heterocycles. The molecule has 0 heterocycles. The Balaban J connectivity index is 3.04. The fourth-order valence-electron chi connectivity index (χ4n) is 1.93. The zero-order valence-corrected chi connectivity index (χ0v) is 12.4. The zero-order valence-electron chi connectivity index (χ0n) is 10.9. The molecule has 0 bridgehead atoms. The van der Waals surface area contributed by atoms with Crippen LogP contribution in [0, 0.1) is 0 Å². The van der Waals surface area contributed by atoms with E-state index in [4.69, 9.17) is 28.3 Å². The minimum atomic E-state index is -0.920. The number of hydrogen-bond donors (Lipinski definition) is 1. The summed E-state index contributed by atoms with van der Waals surface area (Å²) in [6, 6.07) is 7.13. The third-order valence-electron chi connectivity index (χ3n) is 2.82. The van der Waals surface area contributed by atoms with Gasteiger partial charge in [0.2, 0.25) is 0 Å². The number of rotatable bonds is 6. The van der Waals surface area contributed by atoms with Gasteiger partial charge in [0.05, 0.1) is 5.92 Å². The van der Waals surface area contributed by atoms with Crippen molar-refractivity contribution in [3.63, 3.8) is 0 Å². The highest BCUT2D eigenvalue weighted by molar-refractivity contribution is 6.25. The molecule has 0 aliphatic rings. The molecule has 104 valence electrons. The number of aliphatic carboxylic acids is 1. The van der Waals surface area contributed by atoms with Crippen molar-refractivity contribution in [3.8, 4) is 0 Å². The van der Waals surface area contributed by atoms with Crippen molar-refractivity contribution >= 4 is 34.9 Å². The minimum absolute atomic E-state index is 0.256. The molecule has 1 aromatic rings. The van der Waals surface area contributed by atoms with Gasteiger partial charge in [-0.2, -0.15) is 0 Å². The minimum Gasteiger partial charge on any atom is -0.481 e. The molecular weight excluding hydrogens is 285 g/mol. The SMILES string of the molecule is C=CC(C(=O)O)c1ccc(N(C(C)Cl)C(C)Cl)cc1. The van der Waals surface area contributed by atoms with Crippen LogP contribution in [-0.2, 0) is 4.79 Å². The number of anilines is 1. The molecule has 5 heteroatoms. The molecule has 19 heavy (non-hydrogen) atoms. The summed E-state index contributed by atoms with van der Waals surface area (Å²) < 4.78 is 0. The maximum absolute atomic E-state index is 11.0. The fourth-order valence-corrected chi connectivity index (χ4v) is 2.55. The van der Waals surface area contributed by atoms with E-state index in [0.29, 0.717) is 5.56 Å². The van der Waals surface area contributed by atoms with Gasteiger partial charge in [-0.3, -0.25) is 4.79 Å². The molecule has 3 nitrogen and oxygen atoms in total. The highest BCUT2D eigenvalue weighted by Crippen LogP contribution is 2.26. The summed E-state index contributed by atoms with van der Waals surface area (Å²) in [5.74, 6) is -1.62.